The molecule has 92 valence electrons. The van der Waals surface area contributed by atoms with Crippen LogP contribution in [0.15, 0.2) is 0 Å². The number of aliphatic hydroxyl groups is 1. The van der Waals surface area contributed by atoms with E-state index in [2.05, 4.69) is 13.8 Å². The van der Waals surface area contributed by atoms with E-state index >= 15 is 0 Å². The van der Waals surface area contributed by atoms with E-state index in [-0.39, 0.29) is 0 Å². The second-order valence-electron chi connectivity index (χ2n) is 3.75. The van der Waals surface area contributed by atoms with Gasteiger partial charge in [-0.2, -0.15) is 0 Å². The van der Waals surface area contributed by atoms with Gasteiger partial charge in [0.05, 0.1) is 18.5 Å². The largest absolute Gasteiger partial charge is 0.390 e. The Morgan fingerprint density at radius 2 is 1.93 bits per heavy atom. The molecule has 0 aliphatic heterocycles. The molecule has 0 saturated carbocycles. The first kappa shape index (κ1) is 15.1. The summed E-state index contributed by atoms with van der Waals surface area (Å²) in [6, 6.07) is 0. The summed E-state index contributed by atoms with van der Waals surface area (Å²) < 4.78 is 16.7. The van der Waals surface area contributed by atoms with Crippen LogP contribution in [0.1, 0.15) is 39.5 Å². The van der Waals surface area contributed by atoms with Crippen molar-refractivity contribution in [1.82, 2.24) is 0 Å². The highest BCUT2D eigenvalue weighted by Crippen LogP contribution is 1.97. The Morgan fingerprint density at radius 1 is 1.27 bits per heavy atom. The zero-order chi connectivity index (χ0) is 11.5. The Bertz CT molecular complexity index is 162. The summed E-state index contributed by atoms with van der Waals surface area (Å²) in [6.45, 7) is 5.17. The molecule has 0 fully saturated rings. The van der Waals surface area contributed by atoms with Gasteiger partial charge in [-0.25, -0.2) is 0 Å². The van der Waals surface area contributed by atoms with Gasteiger partial charge in [-0.15, -0.1) is 0 Å². The molecule has 0 unspecified atom stereocenters. The van der Waals surface area contributed by atoms with Crippen LogP contribution in [0, 0.1) is 0 Å². The average molecular weight is 236 g/mol. The van der Waals surface area contributed by atoms with E-state index in [0.29, 0.717) is 24.7 Å². The van der Waals surface area contributed by atoms with Crippen molar-refractivity contribution in [2.45, 2.75) is 45.6 Å². The maximum absolute atomic E-state index is 11.4. The van der Waals surface area contributed by atoms with Crippen LogP contribution >= 0.6 is 0 Å². The smallest absolute Gasteiger partial charge is 0.0888 e. The molecule has 0 radical (unpaired) electrons. The molecule has 0 aromatic rings. The number of ether oxygens (including phenoxy) is 1. The number of rotatable bonds is 10. The fourth-order valence-corrected chi connectivity index (χ4v) is 2.42. The third-order valence-corrected chi connectivity index (χ3v) is 3.56. The predicted molar refractivity (Wildman–Crippen MR) is 64.5 cm³/mol. The molecular weight excluding hydrogens is 212 g/mol. The zero-order valence-corrected chi connectivity index (χ0v) is 10.7. The van der Waals surface area contributed by atoms with Gasteiger partial charge in [0.15, 0.2) is 0 Å². The first-order chi connectivity index (χ1) is 7.20. The molecule has 2 atom stereocenters. The molecular formula is C11H24O3S. The van der Waals surface area contributed by atoms with Gasteiger partial charge in [-0.05, 0) is 12.8 Å². The van der Waals surface area contributed by atoms with Crippen molar-refractivity contribution in [1.29, 1.82) is 0 Å². The molecule has 0 aliphatic rings. The fraction of sp³-hybridized carbons (Fsp3) is 1.00. The highest BCUT2D eigenvalue weighted by atomic mass is 32.2. The van der Waals surface area contributed by atoms with E-state index in [9.17, 15) is 9.32 Å². The Morgan fingerprint density at radius 3 is 2.53 bits per heavy atom. The van der Waals surface area contributed by atoms with Gasteiger partial charge in [-0.3, -0.25) is 4.21 Å². The third kappa shape index (κ3) is 10.4. The maximum atomic E-state index is 11.4. The molecule has 3 nitrogen and oxygen atoms in total. The lowest BCUT2D eigenvalue weighted by molar-refractivity contribution is 0.0469. The lowest BCUT2D eigenvalue weighted by atomic mass is 10.3. The highest BCUT2D eigenvalue weighted by Gasteiger charge is 2.08. The van der Waals surface area contributed by atoms with Gasteiger partial charge in [0.1, 0.15) is 0 Å². The van der Waals surface area contributed by atoms with Gasteiger partial charge in [-0.1, -0.05) is 26.7 Å². The van der Waals surface area contributed by atoms with Crippen molar-refractivity contribution in [3.05, 3.63) is 0 Å². The minimum Gasteiger partial charge on any atom is -0.390 e. The molecule has 4 heteroatoms. The van der Waals surface area contributed by atoms with Crippen LogP contribution in [0.3, 0.4) is 0 Å². The molecule has 0 aliphatic carbocycles. The standard InChI is InChI=1S/C11H24O3S/c1-3-5-7-14-9-11(12)10-15(13)8-6-4-2/h11-12H,3-10H2,1-2H3/t11-,15+/m0/s1. The summed E-state index contributed by atoms with van der Waals surface area (Å²) in [5.74, 6) is 1.05. The quantitative estimate of drug-likeness (QED) is 0.587. The first-order valence-corrected chi connectivity index (χ1v) is 7.30. The molecule has 0 spiro atoms. The molecule has 0 bridgehead atoms. The monoisotopic (exact) mass is 236 g/mol. The van der Waals surface area contributed by atoms with Gasteiger partial charge >= 0.3 is 0 Å². The van der Waals surface area contributed by atoms with Gasteiger partial charge in [0.25, 0.3) is 0 Å². The number of hydrogen-bond donors (Lipinski definition) is 1. The van der Waals surface area contributed by atoms with Crippen LogP contribution < -0.4 is 0 Å². The Kier molecular flexibility index (Phi) is 10.6. The van der Waals surface area contributed by atoms with E-state index in [1.165, 1.54) is 0 Å². The molecule has 0 heterocycles. The van der Waals surface area contributed by atoms with Crippen LogP contribution in [0.25, 0.3) is 0 Å². The Balaban J connectivity index is 3.38. The van der Waals surface area contributed by atoms with E-state index in [1.54, 1.807) is 0 Å². The summed E-state index contributed by atoms with van der Waals surface area (Å²) in [6.07, 6.45) is 3.56. The van der Waals surface area contributed by atoms with Crippen molar-refractivity contribution in [2.75, 3.05) is 24.7 Å². The fourth-order valence-electron chi connectivity index (χ4n) is 1.12. The highest BCUT2D eigenvalue weighted by molar-refractivity contribution is 7.85. The Labute approximate surface area is 95.7 Å². The van der Waals surface area contributed by atoms with E-state index in [0.717, 1.165) is 25.7 Å². The minimum atomic E-state index is -0.887. The predicted octanol–water partition coefficient (Wildman–Crippen LogP) is 1.71. The van der Waals surface area contributed by atoms with Crippen LogP contribution in [0.5, 0.6) is 0 Å². The van der Waals surface area contributed by atoms with E-state index in [4.69, 9.17) is 4.74 Å². The van der Waals surface area contributed by atoms with Crippen LogP contribution in [-0.4, -0.2) is 40.1 Å². The summed E-state index contributed by atoms with van der Waals surface area (Å²) in [4.78, 5) is 0. The van der Waals surface area contributed by atoms with E-state index < -0.39 is 16.9 Å². The topological polar surface area (TPSA) is 46.5 Å². The zero-order valence-electron chi connectivity index (χ0n) is 9.91. The lowest BCUT2D eigenvalue weighted by Gasteiger charge is -2.10. The third-order valence-electron chi connectivity index (χ3n) is 2.06. The van der Waals surface area contributed by atoms with Crippen LogP contribution in [-0.2, 0) is 15.5 Å². The van der Waals surface area contributed by atoms with Crippen molar-refractivity contribution < 1.29 is 14.1 Å². The second kappa shape index (κ2) is 10.6. The molecule has 0 amide bonds. The molecule has 0 aromatic carbocycles. The van der Waals surface area contributed by atoms with Crippen molar-refractivity contribution in [3.63, 3.8) is 0 Å². The lowest BCUT2D eigenvalue weighted by Crippen LogP contribution is -2.24. The average Bonchev–Trinajstić information content (AvgIpc) is 2.21. The molecule has 0 aromatic heterocycles. The molecule has 0 rings (SSSR count). The molecule has 15 heavy (non-hydrogen) atoms. The normalized spacial score (nSPS) is 15.1. The summed E-state index contributed by atoms with van der Waals surface area (Å²) >= 11 is 0. The van der Waals surface area contributed by atoms with E-state index in [1.807, 2.05) is 0 Å². The van der Waals surface area contributed by atoms with Gasteiger partial charge in [0.2, 0.25) is 0 Å². The van der Waals surface area contributed by atoms with Crippen molar-refractivity contribution in [3.8, 4) is 0 Å². The molecule has 0 saturated heterocycles. The van der Waals surface area contributed by atoms with Crippen LogP contribution in [0.2, 0.25) is 0 Å². The summed E-state index contributed by atoms with van der Waals surface area (Å²) in [7, 11) is -0.887. The number of hydrogen-bond acceptors (Lipinski definition) is 3. The summed E-state index contributed by atoms with van der Waals surface area (Å²) in [5.41, 5.74) is 0. The van der Waals surface area contributed by atoms with Gasteiger partial charge < -0.3 is 9.84 Å². The Hall–Kier alpha value is 0.0700. The maximum Gasteiger partial charge on any atom is 0.0888 e. The SMILES string of the molecule is CCCCOC[C@H](O)C[S@](=O)CCCC. The van der Waals surface area contributed by atoms with Crippen molar-refractivity contribution in [2.24, 2.45) is 0 Å². The second-order valence-corrected chi connectivity index (χ2v) is 5.37. The number of unbranched alkanes of at least 4 members (excludes halogenated alkanes) is 2. The van der Waals surface area contributed by atoms with Gasteiger partial charge in [0, 0.05) is 23.2 Å². The first-order valence-electron chi connectivity index (χ1n) is 5.81. The van der Waals surface area contributed by atoms with Crippen LogP contribution in [0.4, 0.5) is 0 Å². The summed E-state index contributed by atoms with van der Waals surface area (Å²) in [5, 5.41) is 9.50. The molecule has 1 N–H and O–H groups in total. The number of aliphatic hydroxyl groups excluding tert-OH is 1. The van der Waals surface area contributed by atoms with Crippen molar-refractivity contribution >= 4 is 10.8 Å². The minimum absolute atomic E-state index is 0.317.